The van der Waals surface area contributed by atoms with Gasteiger partial charge in [0.2, 0.25) is 5.91 Å². The van der Waals surface area contributed by atoms with Crippen LogP contribution in [0.5, 0.6) is 11.5 Å². The Hall–Kier alpha value is -3.31. The van der Waals surface area contributed by atoms with Crippen molar-refractivity contribution in [2.24, 2.45) is 5.92 Å². The van der Waals surface area contributed by atoms with Gasteiger partial charge in [-0.15, -0.1) is 0 Å². The van der Waals surface area contributed by atoms with E-state index >= 15 is 0 Å². The fourth-order valence-corrected chi connectivity index (χ4v) is 6.78. The van der Waals surface area contributed by atoms with Crippen molar-refractivity contribution >= 4 is 52.2 Å². The fourth-order valence-electron chi connectivity index (χ4n) is 6.09. The Labute approximate surface area is 308 Å². The average Bonchev–Trinajstić information content (AvgIpc) is 4.05. The van der Waals surface area contributed by atoms with Gasteiger partial charge in [0.25, 0.3) is 5.91 Å². The third kappa shape index (κ3) is 9.51. The first-order valence-corrected chi connectivity index (χ1v) is 18.1. The van der Waals surface area contributed by atoms with Crippen LogP contribution < -0.4 is 20.1 Å². The number of amides is 2. The van der Waals surface area contributed by atoms with Gasteiger partial charge in [-0.2, -0.15) is 0 Å². The van der Waals surface area contributed by atoms with Crippen LogP contribution in [0.1, 0.15) is 48.8 Å². The molecule has 0 saturated heterocycles. The summed E-state index contributed by atoms with van der Waals surface area (Å²) < 4.78 is 22.6. The van der Waals surface area contributed by atoms with Crippen LogP contribution in [-0.2, 0) is 32.2 Å². The summed E-state index contributed by atoms with van der Waals surface area (Å²) >= 11 is 19.1. The molecule has 1 atom stereocenters. The van der Waals surface area contributed by atoms with E-state index in [9.17, 15) is 9.59 Å². The third-order valence-electron chi connectivity index (χ3n) is 8.99. The summed E-state index contributed by atoms with van der Waals surface area (Å²) in [5.41, 5.74) is 4.40. The lowest BCUT2D eigenvalue weighted by atomic mass is 9.88. The van der Waals surface area contributed by atoms with Crippen molar-refractivity contribution < 1.29 is 28.5 Å². The smallest absolute Gasteiger partial charge is 0.252 e. The molecule has 3 aromatic rings. The number of nitrogens with one attached hydrogen (secondary N) is 2. The maximum absolute atomic E-state index is 14.7. The van der Waals surface area contributed by atoms with Crippen LogP contribution in [-0.4, -0.2) is 69.1 Å². The van der Waals surface area contributed by atoms with Crippen molar-refractivity contribution in [3.8, 4) is 11.5 Å². The summed E-state index contributed by atoms with van der Waals surface area (Å²) in [6, 6.07) is 18.5. The highest BCUT2D eigenvalue weighted by Crippen LogP contribution is 2.36. The Kier molecular flexibility index (Phi) is 12.6. The largest absolute Gasteiger partial charge is 0.490 e. The molecule has 1 aliphatic heterocycles. The normalized spacial score (nSPS) is 17.4. The van der Waals surface area contributed by atoms with E-state index < -0.39 is 0 Å². The van der Waals surface area contributed by atoms with Crippen LogP contribution in [0.25, 0.3) is 5.57 Å². The molecule has 3 aliphatic rings. The maximum atomic E-state index is 14.7. The summed E-state index contributed by atoms with van der Waals surface area (Å²) in [7, 11) is 1.58. The van der Waals surface area contributed by atoms with Crippen molar-refractivity contribution in [1.29, 1.82) is 0 Å². The quantitative estimate of drug-likeness (QED) is 0.113. The van der Waals surface area contributed by atoms with Gasteiger partial charge < -0.3 is 34.5 Å². The van der Waals surface area contributed by atoms with Gasteiger partial charge in [0, 0.05) is 42.8 Å². The minimum atomic E-state index is -0.327. The molecule has 2 amide bonds. The molecular weight excluding hydrogens is 701 g/mol. The molecule has 0 radical (unpaired) electrons. The first kappa shape index (κ1) is 36.5. The second-order valence-electron chi connectivity index (χ2n) is 12.8. The number of benzene rings is 3. The zero-order valence-corrected chi connectivity index (χ0v) is 30.3. The molecule has 3 aromatic carbocycles. The standard InChI is InChI=1S/C38H42Cl3N3O6/c1-47-23-48-22-34-35(38(46)44(28-10-11-28)21-27-19-24(5-14-31(27)39)20-43-37(45)26-6-7-26)30(15-16-42-34)25-8-12-29(13-9-25)49-17-18-50-36-32(40)3-2-4-33(36)41/h2-5,8-9,12-14,19,26,28,34,42H,6-7,10-11,15-18,20-23H2,1H3,(H,43,45). The summed E-state index contributed by atoms with van der Waals surface area (Å²) in [5.74, 6) is 1.30. The van der Waals surface area contributed by atoms with E-state index in [2.05, 4.69) is 10.6 Å². The van der Waals surface area contributed by atoms with E-state index in [1.165, 1.54) is 0 Å². The number of carbonyl (C=O) groups is 2. The SMILES string of the molecule is COCOCC1NCCC(c2ccc(OCCOc3c(Cl)cccc3Cl)cc2)=C1C(=O)N(Cc1cc(CNC(=O)C2CC2)ccc1Cl)C1CC1. The highest BCUT2D eigenvalue weighted by Gasteiger charge is 2.38. The summed E-state index contributed by atoms with van der Waals surface area (Å²) in [4.78, 5) is 28.9. The Morgan fingerprint density at radius 3 is 2.36 bits per heavy atom. The van der Waals surface area contributed by atoms with Crippen molar-refractivity contribution in [3.63, 3.8) is 0 Å². The molecule has 1 unspecified atom stereocenters. The first-order valence-electron chi connectivity index (χ1n) is 17.0. The van der Waals surface area contributed by atoms with Crippen molar-refractivity contribution in [2.75, 3.05) is 40.3 Å². The summed E-state index contributed by atoms with van der Waals surface area (Å²) in [6.07, 6.45) is 4.44. The molecule has 12 heteroatoms. The lowest BCUT2D eigenvalue weighted by molar-refractivity contribution is -0.129. The van der Waals surface area contributed by atoms with E-state index in [1.54, 1.807) is 25.3 Å². The molecule has 2 aliphatic carbocycles. The van der Waals surface area contributed by atoms with Gasteiger partial charge >= 0.3 is 0 Å². The van der Waals surface area contributed by atoms with Crippen LogP contribution in [0, 0.1) is 5.92 Å². The Morgan fingerprint density at radius 2 is 1.66 bits per heavy atom. The number of nitrogens with zero attached hydrogens (tertiary/aromatic N) is 1. The lowest BCUT2D eigenvalue weighted by Gasteiger charge is -2.33. The molecule has 266 valence electrons. The van der Waals surface area contributed by atoms with Gasteiger partial charge in [-0.1, -0.05) is 65.1 Å². The molecule has 0 aromatic heterocycles. The van der Waals surface area contributed by atoms with E-state index in [0.717, 1.165) is 47.9 Å². The highest BCUT2D eigenvalue weighted by molar-refractivity contribution is 6.37. The topological polar surface area (TPSA) is 98.4 Å². The molecule has 1 heterocycles. The average molecular weight is 743 g/mol. The van der Waals surface area contributed by atoms with Gasteiger partial charge in [0.05, 0.1) is 22.7 Å². The van der Waals surface area contributed by atoms with E-state index in [0.29, 0.717) is 64.8 Å². The molecule has 2 fully saturated rings. The summed E-state index contributed by atoms with van der Waals surface area (Å²) in [5, 5.41) is 8.01. The molecule has 6 rings (SSSR count). The van der Waals surface area contributed by atoms with E-state index in [4.69, 9.17) is 53.8 Å². The molecule has 2 saturated carbocycles. The molecule has 0 bridgehead atoms. The van der Waals surface area contributed by atoms with Crippen LogP contribution >= 0.6 is 34.8 Å². The number of halogens is 3. The van der Waals surface area contributed by atoms with Gasteiger partial charge in [-0.05, 0) is 91.2 Å². The predicted octanol–water partition coefficient (Wildman–Crippen LogP) is 7.06. The third-order valence-corrected chi connectivity index (χ3v) is 9.95. The predicted molar refractivity (Wildman–Crippen MR) is 195 cm³/mol. The zero-order valence-electron chi connectivity index (χ0n) is 28.0. The number of hydrogen-bond acceptors (Lipinski definition) is 7. The molecule has 2 N–H and O–H groups in total. The van der Waals surface area contributed by atoms with Crippen molar-refractivity contribution in [3.05, 3.63) is 98.0 Å². The molecule has 50 heavy (non-hydrogen) atoms. The van der Waals surface area contributed by atoms with Gasteiger partial charge in [-0.25, -0.2) is 0 Å². The number of para-hydroxylation sites is 1. The minimum Gasteiger partial charge on any atom is -0.490 e. The second kappa shape index (κ2) is 17.3. The number of rotatable bonds is 17. The first-order chi connectivity index (χ1) is 24.3. The van der Waals surface area contributed by atoms with Crippen LogP contribution in [0.2, 0.25) is 15.1 Å². The van der Waals surface area contributed by atoms with Crippen LogP contribution in [0.4, 0.5) is 0 Å². The van der Waals surface area contributed by atoms with Crippen LogP contribution in [0.15, 0.2) is 66.2 Å². The second-order valence-corrected chi connectivity index (χ2v) is 14.0. The number of carbonyl (C=O) groups excluding carboxylic acids is 2. The lowest BCUT2D eigenvalue weighted by Crippen LogP contribution is -2.47. The molecular formula is C38H42Cl3N3O6. The van der Waals surface area contributed by atoms with Crippen molar-refractivity contribution in [1.82, 2.24) is 15.5 Å². The Bertz CT molecular complexity index is 1670. The van der Waals surface area contributed by atoms with Gasteiger partial charge in [0.1, 0.15) is 25.8 Å². The van der Waals surface area contributed by atoms with Crippen molar-refractivity contribution in [2.45, 2.75) is 57.3 Å². The number of hydrogen-bond donors (Lipinski definition) is 2. The van der Waals surface area contributed by atoms with Crippen LogP contribution in [0.3, 0.4) is 0 Å². The fraction of sp³-hybridized carbons (Fsp3) is 0.421. The monoisotopic (exact) mass is 741 g/mol. The minimum absolute atomic E-state index is 0.0417. The van der Waals surface area contributed by atoms with Gasteiger partial charge in [0.15, 0.2) is 5.75 Å². The van der Waals surface area contributed by atoms with E-state index in [-0.39, 0.29) is 49.8 Å². The van der Waals surface area contributed by atoms with Gasteiger partial charge in [-0.3, -0.25) is 9.59 Å². The zero-order chi connectivity index (χ0) is 35.0. The molecule has 0 spiro atoms. The van der Waals surface area contributed by atoms with E-state index in [1.807, 2.05) is 47.4 Å². The highest BCUT2D eigenvalue weighted by atomic mass is 35.5. The summed E-state index contributed by atoms with van der Waals surface area (Å²) in [6.45, 7) is 2.45. The Balaban J connectivity index is 1.19. The number of methoxy groups -OCH3 is 1. The molecule has 9 nitrogen and oxygen atoms in total. The number of ether oxygens (including phenoxy) is 4. The Morgan fingerprint density at radius 1 is 0.920 bits per heavy atom. The maximum Gasteiger partial charge on any atom is 0.252 e.